The maximum absolute atomic E-state index is 11.8. The fraction of sp³-hybridized carbons (Fsp3) is 0.231. The normalized spacial score (nSPS) is 10.5. The van der Waals surface area contributed by atoms with Crippen molar-refractivity contribution in [1.82, 2.24) is 15.3 Å². The molecule has 2 rings (SSSR count). The molecule has 0 saturated heterocycles. The highest BCUT2D eigenvalue weighted by Crippen LogP contribution is 2.19. The Bertz CT molecular complexity index is 595. The van der Waals surface area contributed by atoms with Crippen LogP contribution in [0.15, 0.2) is 30.5 Å². The molecule has 0 bridgehead atoms. The highest BCUT2D eigenvalue weighted by molar-refractivity contribution is 6.30. The van der Waals surface area contributed by atoms with Crippen LogP contribution in [0.5, 0.6) is 0 Å². The maximum atomic E-state index is 11.8. The molecule has 19 heavy (non-hydrogen) atoms. The van der Waals surface area contributed by atoms with Crippen molar-refractivity contribution in [2.24, 2.45) is 0 Å². The van der Waals surface area contributed by atoms with Crippen molar-refractivity contribution in [3.63, 3.8) is 0 Å². The van der Waals surface area contributed by atoms with Crippen LogP contribution in [0.3, 0.4) is 0 Å². The van der Waals surface area contributed by atoms with Crippen molar-refractivity contribution in [1.29, 1.82) is 0 Å². The van der Waals surface area contributed by atoms with E-state index in [1.54, 1.807) is 16.8 Å². The van der Waals surface area contributed by atoms with Crippen LogP contribution in [0.2, 0.25) is 5.02 Å². The fourth-order valence-electron chi connectivity index (χ4n) is 1.88. The van der Waals surface area contributed by atoms with Gasteiger partial charge in [0, 0.05) is 5.02 Å². The molecule has 2 aromatic rings. The molecule has 0 unspecified atom stereocenters. The second-order valence-electron chi connectivity index (χ2n) is 3.89. The lowest BCUT2D eigenvalue weighted by Crippen LogP contribution is -2.22. The quantitative estimate of drug-likeness (QED) is 0.874. The molecule has 100 valence electrons. The summed E-state index contributed by atoms with van der Waals surface area (Å²) in [7, 11) is 1.39. The van der Waals surface area contributed by atoms with E-state index in [1.165, 1.54) is 13.3 Å². The summed E-state index contributed by atoms with van der Waals surface area (Å²) >= 11 is 5.97. The predicted octanol–water partition coefficient (Wildman–Crippen LogP) is 2.38. The van der Waals surface area contributed by atoms with Crippen LogP contribution in [0.4, 0.5) is 0 Å². The Morgan fingerprint density at radius 3 is 2.95 bits per heavy atom. The van der Waals surface area contributed by atoms with Crippen molar-refractivity contribution in [2.45, 2.75) is 13.3 Å². The minimum Gasteiger partial charge on any atom is -0.277 e. The van der Waals surface area contributed by atoms with Gasteiger partial charge in [0.15, 0.2) is 0 Å². The zero-order chi connectivity index (χ0) is 13.8. The third kappa shape index (κ3) is 2.77. The summed E-state index contributed by atoms with van der Waals surface area (Å²) in [4.78, 5) is 16.5. The average Bonchev–Trinajstić information content (AvgIpc) is 2.82. The van der Waals surface area contributed by atoms with Gasteiger partial charge in [-0.25, -0.2) is 10.2 Å². The second kappa shape index (κ2) is 5.86. The molecule has 1 heterocycles. The van der Waals surface area contributed by atoms with Gasteiger partial charge in [0.2, 0.25) is 0 Å². The monoisotopic (exact) mass is 279 g/mol. The summed E-state index contributed by atoms with van der Waals surface area (Å²) in [6, 6.07) is 7.31. The predicted molar refractivity (Wildman–Crippen MR) is 72.4 cm³/mol. The van der Waals surface area contributed by atoms with Gasteiger partial charge < -0.3 is 0 Å². The van der Waals surface area contributed by atoms with Crippen molar-refractivity contribution < 1.29 is 9.63 Å². The molecule has 1 aromatic carbocycles. The summed E-state index contributed by atoms with van der Waals surface area (Å²) in [6.45, 7) is 1.96. The first-order valence-corrected chi connectivity index (χ1v) is 6.21. The first kappa shape index (κ1) is 13.6. The minimum absolute atomic E-state index is 0.312. The van der Waals surface area contributed by atoms with Crippen LogP contribution in [0.25, 0.3) is 5.69 Å². The van der Waals surface area contributed by atoms with Crippen LogP contribution in [0.1, 0.15) is 23.0 Å². The molecular weight excluding hydrogens is 266 g/mol. The molecule has 0 fully saturated rings. The minimum atomic E-state index is -0.312. The number of carbonyl (C=O) groups excluding carboxylic acids is 1. The Morgan fingerprint density at radius 1 is 1.53 bits per heavy atom. The molecule has 0 aliphatic rings. The van der Waals surface area contributed by atoms with Crippen LogP contribution in [0, 0.1) is 0 Å². The van der Waals surface area contributed by atoms with Gasteiger partial charge in [-0.15, -0.1) is 0 Å². The van der Waals surface area contributed by atoms with Gasteiger partial charge in [-0.05, 0) is 24.6 Å². The molecular formula is C13H14ClN3O2. The van der Waals surface area contributed by atoms with Crippen LogP contribution < -0.4 is 5.48 Å². The molecule has 0 atom stereocenters. The number of amides is 1. The standard InChI is InChI=1S/C13H14ClN3O2/c1-3-12-11(13(18)16-19-2)8-15-17(12)10-6-4-5-9(14)7-10/h4-8H,3H2,1-2H3,(H,16,18). The number of hydrogen-bond acceptors (Lipinski definition) is 3. The lowest BCUT2D eigenvalue weighted by atomic mass is 10.2. The van der Waals surface area contributed by atoms with E-state index in [9.17, 15) is 4.79 Å². The summed E-state index contributed by atoms with van der Waals surface area (Å²) < 4.78 is 1.70. The van der Waals surface area contributed by atoms with E-state index in [1.807, 2.05) is 19.1 Å². The molecule has 0 saturated carbocycles. The third-order valence-corrected chi connectivity index (χ3v) is 2.93. The van der Waals surface area contributed by atoms with Crippen LogP contribution in [-0.2, 0) is 11.3 Å². The van der Waals surface area contributed by atoms with Gasteiger partial charge in [0.1, 0.15) is 0 Å². The topological polar surface area (TPSA) is 56.1 Å². The number of hydrogen-bond donors (Lipinski definition) is 1. The maximum Gasteiger partial charge on any atom is 0.278 e. The number of nitrogens with one attached hydrogen (secondary N) is 1. The summed E-state index contributed by atoms with van der Waals surface area (Å²) in [6.07, 6.45) is 2.19. The summed E-state index contributed by atoms with van der Waals surface area (Å²) in [5.41, 5.74) is 4.41. The zero-order valence-electron chi connectivity index (χ0n) is 10.7. The van der Waals surface area contributed by atoms with Crippen molar-refractivity contribution in [3.05, 3.63) is 46.7 Å². The smallest absolute Gasteiger partial charge is 0.277 e. The molecule has 0 spiro atoms. The molecule has 0 radical (unpaired) electrons. The number of carbonyl (C=O) groups is 1. The number of rotatable bonds is 4. The number of halogens is 1. The Morgan fingerprint density at radius 2 is 2.32 bits per heavy atom. The lowest BCUT2D eigenvalue weighted by Gasteiger charge is -2.08. The summed E-state index contributed by atoms with van der Waals surface area (Å²) in [5, 5.41) is 4.87. The van der Waals surface area contributed by atoms with Gasteiger partial charge in [-0.3, -0.25) is 9.63 Å². The first-order chi connectivity index (χ1) is 9.17. The van der Waals surface area contributed by atoms with E-state index >= 15 is 0 Å². The molecule has 1 aromatic heterocycles. The number of nitrogens with zero attached hydrogens (tertiary/aromatic N) is 2. The number of hydroxylamine groups is 1. The lowest BCUT2D eigenvalue weighted by molar-refractivity contribution is 0.0536. The SMILES string of the molecule is CCc1c(C(=O)NOC)cnn1-c1cccc(Cl)c1. The highest BCUT2D eigenvalue weighted by Gasteiger charge is 2.16. The van der Waals surface area contributed by atoms with Gasteiger partial charge >= 0.3 is 0 Å². The van der Waals surface area contributed by atoms with E-state index in [-0.39, 0.29) is 5.91 Å². The van der Waals surface area contributed by atoms with Gasteiger partial charge in [0.05, 0.1) is 30.3 Å². The van der Waals surface area contributed by atoms with Gasteiger partial charge in [-0.1, -0.05) is 24.6 Å². The van der Waals surface area contributed by atoms with Crippen molar-refractivity contribution >= 4 is 17.5 Å². The molecule has 5 nitrogen and oxygen atoms in total. The molecule has 0 aliphatic carbocycles. The fourth-order valence-corrected chi connectivity index (χ4v) is 2.07. The van der Waals surface area contributed by atoms with Crippen LogP contribution >= 0.6 is 11.6 Å². The molecule has 6 heteroatoms. The van der Waals surface area contributed by atoms with E-state index in [2.05, 4.69) is 15.4 Å². The van der Waals surface area contributed by atoms with Gasteiger partial charge in [-0.2, -0.15) is 5.10 Å². The highest BCUT2D eigenvalue weighted by atomic mass is 35.5. The van der Waals surface area contributed by atoms with Crippen molar-refractivity contribution in [3.8, 4) is 5.69 Å². The zero-order valence-corrected chi connectivity index (χ0v) is 11.4. The number of benzene rings is 1. The second-order valence-corrected chi connectivity index (χ2v) is 4.32. The first-order valence-electron chi connectivity index (χ1n) is 5.83. The Hall–Kier alpha value is -1.85. The number of aromatic nitrogens is 2. The third-order valence-electron chi connectivity index (χ3n) is 2.70. The molecule has 0 aliphatic heterocycles. The molecule has 1 amide bonds. The van der Waals surface area contributed by atoms with Crippen molar-refractivity contribution in [2.75, 3.05) is 7.11 Å². The van der Waals surface area contributed by atoms with E-state index in [0.29, 0.717) is 17.0 Å². The largest absolute Gasteiger partial charge is 0.278 e. The van der Waals surface area contributed by atoms with E-state index in [0.717, 1.165) is 11.4 Å². The van der Waals surface area contributed by atoms with Gasteiger partial charge in [0.25, 0.3) is 5.91 Å². The Kier molecular flexibility index (Phi) is 4.19. The van der Waals surface area contributed by atoms with E-state index in [4.69, 9.17) is 11.6 Å². The Balaban J connectivity index is 2.45. The van der Waals surface area contributed by atoms with Crippen LogP contribution in [-0.4, -0.2) is 22.8 Å². The Labute approximate surface area is 116 Å². The van der Waals surface area contributed by atoms with E-state index < -0.39 is 0 Å². The summed E-state index contributed by atoms with van der Waals surface area (Å²) in [5.74, 6) is -0.312. The molecule has 1 N–H and O–H groups in total. The average molecular weight is 280 g/mol.